The molecule has 0 saturated heterocycles. The molecule has 0 aliphatic carbocycles. The second kappa shape index (κ2) is 10.2. The fourth-order valence-electron chi connectivity index (χ4n) is 2.98. The highest BCUT2D eigenvalue weighted by atomic mass is 35.5. The Kier molecular flexibility index (Phi) is 7.43. The number of hydrogen-bond donors (Lipinski definition) is 1. The van der Waals surface area contributed by atoms with E-state index in [-0.39, 0.29) is 29.9 Å². The van der Waals surface area contributed by atoms with Gasteiger partial charge in [-0.3, -0.25) is 4.79 Å². The van der Waals surface area contributed by atoms with Gasteiger partial charge in [-0.2, -0.15) is 0 Å². The van der Waals surface area contributed by atoms with Crippen LogP contribution in [-0.2, 0) is 19.1 Å². The van der Waals surface area contributed by atoms with Gasteiger partial charge < -0.3 is 24.3 Å². The Morgan fingerprint density at radius 1 is 1.22 bits per heavy atom. The molecule has 0 spiro atoms. The third kappa shape index (κ3) is 5.23. The number of carbonyl (C=O) groups is 2. The minimum atomic E-state index is -0.768. The summed E-state index contributed by atoms with van der Waals surface area (Å²) in [6.07, 6.45) is 1.38. The van der Waals surface area contributed by atoms with Crippen molar-refractivity contribution in [3.8, 4) is 11.5 Å². The molecule has 1 aliphatic heterocycles. The van der Waals surface area contributed by atoms with Gasteiger partial charge in [-0.1, -0.05) is 29.8 Å². The minimum absolute atomic E-state index is 0.00345. The van der Waals surface area contributed by atoms with Crippen LogP contribution in [-0.4, -0.2) is 31.6 Å². The zero-order chi connectivity index (χ0) is 23.3. The Balaban J connectivity index is 1.96. The predicted octanol–water partition coefficient (Wildman–Crippen LogP) is 4.96. The van der Waals surface area contributed by atoms with Crippen molar-refractivity contribution in [2.45, 2.75) is 26.9 Å². The minimum Gasteiger partial charge on any atom is -0.493 e. The van der Waals surface area contributed by atoms with E-state index in [0.717, 1.165) is 0 Å². The van der Waals surface area contributed by atoms with Crippen LogP contribution in [0.5, 0.6) is 11.5 Å². The van der Waals surface area contributed by atoms with Gasteiger partial charge >= 0.3 is 5.97 Å². The lowest BCUT2D eigenvalue weighted by molar-refractivity contribution is -0.139. The molecule has 7 nitrogen and oxygen atoms in total. The summed E-state index contributed by atoms with van der Waals surface area (Å²) >= 11 is 6.38. The van der Waals surface area contributed by atoms with Crippen LogP contribution in [0.4, 0.5) is 5.69 Å². The summed E-state index contributed by atoms with van der Waals surface area (Å²) in [4.78, 5) is 25.4. The number of anilines is 1. The molecule has 2 aromatic carbocycles. The number of benzene rings is 2. The summed E-state index contributed by atoms with van der Waals surface area (Å²) in [6.45, 7) is 5.54. The zero-order valence-corrected chi connectivity index (χ0v) is 19.0. The molecule has 0 radical (unpaired) electrons. The second-order valence-corrected chi connectivity index (χ2v) is 7.46. The fourth-order valence-corrected chi connectivity index (χ4v) is 3.25. The largest absolute Gasteiger partial charge is 0.493 e. The molecule has 1 N–H and O–H groups in total. The van der Waals surface area contributed by atoms with Crippen molar-refractivity contribution in [2.75, 3.05) is 19.0 Å². The number of esters is 1. The number of rotatable bonds is 8. The first-order valence-electron chi connectivity index (χ1n) is 10.1. The smallest absolute Gasteiger partial charge is 0.347 e. The Labute approximate surface area is 191 Å². The number of methoxy groups -OCH3 is 1. The van der Waals surface area contributed by atoms with Gasteiger partial charge in [-0.25, -0.2) is 4.79 Å². The SMILES string of the molecule is CCOC(=O)C1=C(Nc2ccccc2)O/C(=C\c2cc(Cl)c(OC(C)C)c(OC)c2)C1=O. The van der Waals surface area contributed by atoms with Crippen molar-refractivity contribution < 1.29 is 28.5 Å². The van der Waals surface area contributed by atoms with Crippen molar-refractivity contribution >= 4 is 35.1 Å². The normalized spacial score (nSPS) is 14.6. The molecule has 32 heavy (non-hydrogen) atoms. The first-order chi connectivity index (χ1) is 15.3. The first-order valence-corrected chi connectivity index (χ1v) is 10.4. The molecule has 0 saturated carbocycles. The molecule has 8 heteroatoms. The molecule has 0 atom stereocenters. The maximum atomic E-state index is 13.0. The van der Waals surface area contributed by atoms with Gasteiger partial charge in [0.2, 0.25) is 11.7 Å². The molecule has 2 aromatic rings. The average Bonchev–Trinajstić information content (AvgIpc) is 3.05. The lowest BCUT2D eigenvalue weighted by atomic mass is 10.1. The number of halogens is 1. The van der Waals surface area contributed by atoms with Gasteiger partial charge in [0, 0.05) is 5.69 Å². The van der Waals surface area contributed by atoms with Crippen molar-refractivity contribution in [2.24, 2.45) is 0 Å². The van der Waals surface area contributed by atoms with Crippen LogP contribution in [0.2, 0.25) is 5.02 Å². The third-order valence-corrected chi connectivity index (χ3v) is 4.58. The summed E-state index contributed by atoms with van der Waals surface area (Å²) in [7, 11) is 1.50. The van der Waals surface area contributed by atoms with Crippen molar-refractivity contribution in [3.05, 3.63) is 70.3 Å². The number of ether oxygens (including phenoxy) is 4. The molecule has 0 aromatic heterocycles. The maximum Gasteiger partial charge on any atom is 0.347 e. The number of ketones is 1. The molecular formula is C24H24ClNO6. The van der Waals surface area contributed by atoms with Crippen LogP contribution in [0.15, 0.2) is 59.7 Å². The molecular weight excluding hydrogens is 434 g/mol. The van der Waals surface area contributed by atoms with Gasteiger partial charge in [-0.05, 0) is 56.7 Å². The van der Waals surface area contributed by atoms with Crippen LogP contribution < -0.4 is 14.8 Å². The van der Waals surface area contributed by atoms with Crippen LogP contribution in [0.25, 0.3) is 6.08 Å². The maximum absolute atomic E-state index is 13.0. The number of para-hydroxylation sites is 1. The van der Waals surface area contributed by atoms with E-state index >= 15 is 0 Å². The number of Topliss-reactive ketones (excluding diaryl/α,β-unsaturated/α-hetero) is 1. The average molecular weight is 458 g/mol. The Hall–Kier alpha value is -3.45. The lowest BCUT2D eigenvalue weighted by Gasteiger charge is -2.15. The molecule has 1 heterocycles. The van der Waals surface area contributed by atoms with Crippen LogP contribution in [0.1, 0.15) is 26.3 Å². The first kappa shape index (κ1) is 23.2. The van der Waals surface area contributed by atoms with E-state index in [9.17, 15) is 9.59 Å². The van der Waals surface area contributed by atoms with E-state index in [1.165, 1.54) is 13.2 Å². The van der Waals surface area contributed by atoms with Crippen LogP contribution in [0, 0.1) is 0 Å². The molecule has 0 bridgehead atoms. The van der Waals surface area contributed by atoms with E-state index < -0.39 is 11.8 Å². The highest BCUT2D eigenvalue weighted by Crippen LogP contribution is 2.38. The number of carbonyl (C=O) groups excluding carboxylic acids is 2. The van der Waals surface area contributed by atoms with Crippen molar-refractivity contribution in [1.29, 1.82) is 0 Å². The van der Waals surface area contributed by atoms with E-state index in [4.69, 9.17) is 30.5 Å². The Morgan fingerprint density at radius 3 is 2.56 bits per heavy atom. The molecule has 1 aliphatic rings. The van der Waals surface area contributed by atoms with E-state index in [1.54, 1.807) is 31.2 Å². The van der Waals surface area contributed by atoms with Crippen molar-refractivity contribution in [1.82, 2.24) is 0 Å². The van der Waals surface area contributed by atoms with Crippen molar-refractivity contribution in [3.63, 3.8) is 0 Å². The Morgan fingerprint density at radius 2 is 1.94 bits per heavy atom. The Bertz CT molecular complexity index is 1080. The third-order valence-electron chi connectivity index (χ3n) is 4.30. The summed E-state index contributed by atoms with van der Waals surface area (Å²) in [5.74, 6) is -0.604. The molecule has 3 rings (SSSR count). The highest BCUT2D eigenvalue weighted by molar-refractivity contribution is 6.32. The van der Waals surface area contributed by atoms with E-state index in [1.807, 2.05) is 32.0 Å². The summed E-state index contributed by atoms with van der Waals surface area (Å²) in [5, 5.41) is 3.28. The van der Waals surface area contributed by atoms with Gasteiger partial charge in [-0.15, -0.1) is 0 Å². The van der Waals surface area contributed by atoms with E-state index in [2.05, 4.69) is 5.32 Å². The molecule has 168 valence electrons. The molecule has 0 amide bonds. The summed E-state index contributed by atoms with van der Waals surface area (Å²) in [6, 6.07) is 12.3. The van der Waals surface area contributed by atoms with Gasteiger partial charge in [0.1, 0.15) is 0 Å². The number of allylic oxidation sites excluding steroid dienone is 1. The van der Waals surface area contributed by atoms with Crippen LogP contribution in [0.3, 0.4) is 0 Å². The van der Waals surface area contributed by atoms with Crippen LogP contribution >= 0.6 is 11.6 Å². The quantitative estimate of drug-likeness (QED) is 0.340. The topological polar surface area (TPSA) is 83.1 Å². The second-order valence-electron chi connectivity index (χ2n) is 7.06. The summed E-state index contributed by atoms with van der Waals surface area (Å²) in [5.41, 5.74) is 0.980. The van der Waals surface area contributed by atoms with E-state index in [0.29, 0.717) is 27.8 Å². The standard InChI is InChI=1S/C24H24ClNO6/c1-5-30-24(28)20-21(27)18(32-23(20)26-16-9-7-6-8-10-16)12-15-11-17(25)22(31-14(2)3)19(13-15)29-4/h6-14,26H,5H2,1-4H3/b18-12-. The zero-order valence-electron chi connectivity index (χ0n) is 18.2. The number of hydrogen-bond acceptors (Lipinski definition) is 7. The number of nitrogens with one attached hydrogen (secondary N) is 1. The van der Waals surface area contributed by atoms with Gasteiger partial charge in [0.25, 0.3) is 0 Å². The lowest BCUT2D eigenvalue weighted by Crippen LogP contribution is -2.16. The predicted molar refractivity (Wildman–Crippen MR) is 122 cm³/mol. The molecule has 0 unspecified atom stereocenters. The molecule has 0 fully saturated rings. The van der Waals surface area contributed by atoms with Gasteiger partial charge in [0.15, 0.2) is 22.8 Å². The van der Waals surface area contributed by atoms with Gasteiger partial charge in [0.05, 0.1) is 24.8 Å². The highest BCUT2D eigenvalue weighted by Gasteiger charge is 2.37. The monoisotopic (exact) mass is 457 g/mol. The fraction of sp³-hybridized carbons (Fsp3) is 0.250. The summed E-state index contributed by atoms with van der Waals surface area (Å²) < 4.78 is 21.9.